The lowest BCUT2D eigenvalue weighted by Gasteiger charge is -2.10. The zero-order valence-corrected chi connectivity index (χ0v) is 13.3. The van der Waals surface area contributed by atoms with Crippen LogP contribution in [-0.4, -0.2) is 22.0 Å². The molecule has 0 aliphatic rings. The van der Waals surface area contributed by atoms with Crippen LogP contribution in [0.1, 0.15) is 26.6 Å². The molecule has 8 heteroatoms. The molecule has 0 aliphatic heterocycles. The number of amides is 1. The molecule has 20 heavy (non-hydrogen) atoms. The molecule has 1 aromatic carbocycles. The summed E-state index contributed by atoms with van der Waals surface area (Å²) in [6.07, 6.45) is 1.15. The van der Waals surface area contributed by atoms with Crippen molar-refractivity contribution in [1.82, 2.24) is 4.98 Å². The zero-order valence-electron chi connectivity index (χ0n) is 10.1. The lowest BCUT2D eigenvalue weighted by Crippen LogP contribution is -2.15. The number of hydrogen-bond donors (Lipinski definition) is 2. The highest BCUT2D eigenvalue weighted by Crippen LogP contribution is 2.31. The van der Waals surface area contributed by atoms with Crippen molar-refractivity contribution in [2.75, 3.05) is 5.32 Å². The van der Waals surface area contributed by atoms with E-state index in [0.717, 1.165) is 6.39 Å². The molecule has 0 aliphatic carbocycles. The monoisotopic (exact) mass is 402 g/mol. The second-order valence-electron chi connectivity index (χ2n) is 3.84. The summed E-state index contributed by atoms with van der Waals surface area (Å²) >= 11 is 6.42. The summed E-state index contributed by atoms with van der Waals surface area (Å²) in [6.45, 7) is 1.62. The number of carboxylic acid groups (broad SMARTS) is 1. The molecule has 2 N–H and O–H groups in total. The van der Waals surface area contributed by atoms with Crippen molar-refractivity contribution >= 4 is 49.4 Å². The van der Waals surface area contributed by atoms with Gasteiger partial charge in [0.25, 0.3) is 5.91 Å². The van der Waals surface area contributed by atoms with Crippen LogP contribution in [0.5, 0.6) is 0 Å². The molecule has 6 nitrogen and oxygen atoms in total. The molecule has 0 radical (unpaired) electrons. The Bertz CT molecular complexity index is 697. The maximum Gasteiger partial charge on any atom is 0.337 e. The van der Waals surface area contributed by atoms with Gasteiger partial charge in [0.15, 0.2) is 6.39 Å². The molecular formula is C12H8Br2N2O4. The Kier molecular flexibility index (Phi) is 4.24. The molecule has 1 amide bonds. The number of aryl methyl sites for hydroxylation is 1. The standard InChI is InChI=1S/C12H8Br2N2O4/c1-5-10(20-4-15-5)11(17)16-9-7(12(18)19)2-6(13)3-8(9)14/h2-4H,1H3,(H,16,17)(H,18,19). The summed E-state index contributed by atoms with van der Waals surface area (Å²) in [5.41, 5.74) is 0.533. The van der Waals surface area contributed by atoms with Gasteiger partial charge in [0.1, 0.15) is 0 Å². The fourth-order valence-electron chi connectivity index (χ4n) is 1.56. The van der Waals surface area contributed by atoms with Gasteiger partial charge in [-0.05, 0) is 35.0 Å². The number of nitrogens with zero attached hydrogens (tertiary/aromatic N) is 1. The van der Waals surface area contributed by atoms with Crippen molar-refractivity contribution in [2.24, 2.45) is 0 Å². The minimum absolute atomic E-state index is 0.0381. The minimum Gasteiger partial charge on any atom is -0.478 e. The van der Waals surface area contributed by atoms with Gasteiger partial charge in [-0.2, -0.15) is 0 Å². The molecule has 0 saturated heterocycles. The molecule has 0 unspecified atom stereocenters. The highest BCUT2D eigenvalue weighted by atomic mass is 79.9. The SMILES string of the molecule is Cc1ncoc1C(=O)Nc1c(Br)cc(Br)cc1C(=O)O. The topological polar surface area (TPSA) is 92.4 Å². The van der Waals surface area contributed by atoms with Gasteiger partial charge in [-0.25, -0.2) is 9.78 Å². The van der Waals surface area contributed by atoms with Crippen molar-refractivity contribution in [3.63, 3.8) is 0 Å². The van der Waals surface area contributed by atoms with E-state index in [1.165, 1.54) is 6.07 Å². The van der Waals surface area contributed by atoms with Crippen LogP contribution in [0.15, 0.2) is 31.9 Å². The molecule has 104 valence electrons. The average molecular weight is 404 g/mol. The van der Waals surface area contributed by atoms with Crippen LogP contribution >= 0.6 is 31.9 Å². The molecule has 0 spiro atoms. The van der Waals surface area contributed by atoms with Crippen LogP contribution < -0.4 is 5.32 Å². The first-order valence-electron chi connectivity index (χ1n) is 5.34. The summed E-state index contributed by atoms with van der Waals surface area (Å²) in [7, 11) is 0. The number of carbonyl (C=O) groups is 2. The second-order valence-corrected chi connectivity index (χ2v) is 5.61. The van der Waals surface area contributed by atoms with E-state index in [9.17, 15) is 14.7 Å². The summed E-state index contributed by atoms with van der Waals surface area (Å²) in [5.74, 6) is -1.68. The number of nitrogens with one attached hydrogen (secondary N) is 1. The first-order chi connectivity index (χ1) is 9.40. The molecule has 1 aromatic heterocycles. The van der Waals surface area contributed by atoms with Crippen molar-refractivity contribution in [2.45, 2.75) is 6.92 Å². The number of halogens is 2. The lowest BCUT2D eigenvalue weighted by molar-refractivity contribution is 0.0698. The quantitative estimate of drug-likeness (QED) is 0.818. The third-order valence-electron chi connectivity index (χ3n) is 2.48. The number of aromatic carboxylic acids is 1. The Morgan fingerprint density at radius 3 is 2.60 bits per heavy atom. The van der Waals surface area contributed by atoms with E-state index in [4.69, 9.17) is 4.42 Å². The predicted octanol–water partition coefficient (Wildman–Crippen LogP) is 3.46. The molecule has 0 saturated carbocycles. The fourth-order valence-corrected chi connectivity index (χ4v) is 2.88. The number of aromatic nitrogens is 1. The largest absolute Gasteiger partial charge is 0.478 e. The van der Waals surface area contributed by atoms with Gasteiger partial charge < -0.3 is 14.8 Å². The first kappa shape index (κ1) is 14.7. The van der Waals surface area contributed by atoms with E-state index < -0.39 is 11.9 Å². The number of benzene rings is 1. The molecule has 0 bridgehead atoms. The summed E-state index contributed by atoms with van der Waals surface area (Å²) in [6, 6.07) is 3.03. The first-order valence-corrected chi connectivity index (χ1v) is 6.92. The van der Waals surface area contributed by atoms with Gasteiger partial charge in [0.05, 0.1) is 16.9 Å². The third kappa shape index (κ3) is 2.91. The van der Waals surface area contributed by atoms with Crippen LogP contribution in [0.2, 0.25) is 0 Å². The lowest BCUT2D eigenvalue weighted by atomic mass is 10.1. The molecular weight excluding hydrogens is 396 g/mol. The van der Waals surface area contributed by atoms with Crippen LogP contribution in [0, 0.1) is 6.92 Å². The molecule has 0 atom stereocenters. The van der Waals surface area contributed by atoms with E-state index in [1.807, 2.05) is 0 Å². The number of carboxylic acids is 1. The molecule has 2 aromatic rings. The predicted molar refractivity (Wildman–Crippen MR) is 78.0 cm³/mol. The van der Waals surface area contributed by atoms with Gasteiger partial charge >= 0.3 is 5.97 Å². The maximum atomic E-state index is 12.0. The minimum atomic E-state index is -1.16. The van der Waals surface area contributed by atoms with Crippen LogP contribution in [0.4, 0.5) is 5.69 Å². The molecule has 0 fully saturated rings. The molecule has 2 rings (SSSR count). The van der Waals surface area contributed by atoms with Gasteiger partial charge in [-0.3, -0.25) is 4.79 Å². The highest BCUT2D eigenvalue weighted by molar-refractivity contribution is 9.11. The van der Waals surface area contributed by atoms with Crippen molar-refractivity contribution in [3.05, 3.63) is 44.5 Å². The normalized spacial score (nSPS) is 10.3. The Morgan fingerprint density at radius 1 is 1.35 bits per heavy atom. The maximum absolute atomic E-state index is 12.0. The van der Waals surface area contributed by atoms with E-state index in [-0.39, 0.29) is 17.0 Å². The highest BCUT2D eigenvalue weighted by Gasteiger charge is 2.20. The van der Waals surface area contributed by atoms with E-state index in [0.29, 0.717) is 14.6 Å². The smallest absolute Gasteiger partial charge is 0.337 e. The Hall–Kier alpha value is -1.67. The van der Waals surface area contributed by atoms with Gasteiger partial charge in [0.2, 0.25) is 5.76 Å². The number of anilines is 1. The Balaban J connectivity index is 2.41. The van der Waals surface area contributed by atoms with Crippen molar-refractivity contribution in [3.8, 4) is 0 Å². The van der Waals surface area contributed by atoms with Crippen molar-refractivity contribution in [1.29, 1.82) is 0 Å². The van der Waals surface area contributed by atoms with Crippen molar-refractivity contribution < 1.29 is 19.1 Å². The van der Waals surface area contributed by atoms with Crippen LogP contribution in [0.3, 0.4) is 0 Å². The van der Waals surface area contributed by atoms with Gasteiger partial charge in [-0.15, -0.1) is 0 Å². The molecule has 1 heterocycles. The van der Waals surface area contributed by atoms with Gasteiger partial charge in [-0.1, -0.05) is 15.9 Å². The Labute approximate surface area is 130 Å². The third-order valence-corrected chi connectivity index (χ3v) is 3.56. The summed E-state index contributed by atoms with van der Waals surface area (Å²) < 4.78 is 5.99. The number of carbonyl (C=O) groups excluding carboxylic acids is 1. The number of hydrogen-bond acceptors (Lipinski definition) is 4. The van der Waals surface area contributed by atoms with Crippen LogP contribution in [-0.2, 0) is 0 Å². The van der Waals surface area contributed by atoms with E-state index in [2.05, 4.69) is 42.2 Å². The average Bonchev–Trinajstić information content (AvgIpc) is 2.78. The number of rotatable bonds is 3. The van der Waals surface area contributed by atoms with Gasteiger partial charge in [0, 0.05) is 8.95 Å². The Morgan fingerprint density at radius 2 is 2.05 bits per heavy atom. The van der Waals surface area contributed by atoms with E-state index in [1.54, 1.807) is 13.0 Å². The summed E-state index contributed by atoms with van der Waals surface area (Å²) in [4.78, 5) is 27.1. The second kappa shape index (κ2) is 5.76. The van der Waals surface area contributed by atoms with E-state index >= 15 is 0 Å². The number of oxazole rings is 1. The van der Waals surface area contributed by atoms with Crippen LogP contribution in [0.25, 0.3) is 0 Å². The summed E-state index contributed by atoms with van der Waals surface area (Å²) in [5, 5.41) is 11.7. The fraction of sp³-hybridized carbons (Fsp3) is 0.0833. The zero-order chi connectivity index (χ0) is 14.9.